The quantitative estimate of drug-likeness (QED) is 0.576. The molecule has 3 aliphatic rings. The summed E-state index contributed by atoms with van der Waals surface area (Å²) in [4.78, 5) is 46.2. The van der Waals surface area contributed by atoms with Gasteiger partial charge in [0.2, 0.25) is 24.7 Å². The van der Waals surface area contributed by atoms with E-state index >= 15 is 0 Å². The molecular weight excluding hydrogens is 236 g/mol. The van der Waals surface area contributed by atoms with Crippen LogP contribution in [0.4, 0.5) is 0 Å². The number of hydrogen-bond acceptors (Lipinski definition) is 4. The van der Waals surface area contributed by atoms with Crippen molar-refractivity contribution < 1.29 is 19.1 Å². The molecule has 88 valence electrons. The number of piperidine rings is 1. The van der Waals surface area contributed by atoms with Crippen LogP contribution in [0.15, 0.2) is 46.8 Å². The van der Waals surface area contributed by atoms with Crippen LogP contribution in [-0.2, 0) is 9.59 Å². The zero-order chi connectivity index (χ0) is 12.9. The molecule has 0 bridgehead atoms. The van der Waals surface area contributed by atoms with Gasteiger partial charge in [-0.25, -0.2) is 0 Å². The van der Waals surface area contributed by atoms with Gasteiger partial charge in [0.25, 0.3) is 6.54 Å². The lowest BCUT2D eigenvalue weighted by Crippen LogP contribution is -2.34. The van der Waals surface area contributed by atoms with Crippen molar-refractivity contribution in [2.75, 3.05) is 13.1 Å². The third kappa shape index (κ3) is 1.42. The third-order valence-corrected chi connectivity index (χ3v) is 3.04. The fourth-order valence-electron chi connectivity index (χ4n) is 2.31. The Morgan fingerprint density at radius 2 is 1.89 bits per heavy atom. The van der Waals surface area contributed by atoms with Crippen molar-refractivity contribution in [1.82, 2.24) is 0 Å². The number of Topliss-reactive ketones (excluding diaryl/α,β-unsaturated/α-hetero) is 1. The van der Waals surface area contributed by atoms with Gasteiger partial charge in [0.15, 0.2) is 5.78 Å². The molecule has 0 saturated carbocycles. The highest BCUT2D eigenvalue weighted by Gasteiger charge is 2.39. The van der Waals surface area contributed by atoms with Crippen LogP contribution in [0.5, 0.6) is 0 Å². The molecule has 3 rings (SSSR count). The largest absolute Gasteiger partial charge is 0.289 e. The number of nitroso groups, excluding NO2 is 2. The van der Waals surface area contributed by atoms with Gasteiger partial charge in [-0.3, -0.25) is 9.59 Å². The third-order valence-electron chi connectivity index (χ3n) is 3.04. The van der Waals surface area contributed by atoms with E-state index < -0.39 is 0 Å². The minimum atomic E-state index is -0.350. The highest BCUT2D eigenvalue weighted by Crippen LogP contribution is 2.33. The van der Waals surface area contributed by atoms with Crippen LogP contribution >= 0.6 is 0 Å². The van der Waals surface area contributed by atoms with Gasteiger partial charge in [0, 0.05) is 37.4 Å². The lowest BCUT2D eigenvalue weighted by Gasteiger charge is -2.20. The number of fused-ring (bicyclic) bond motifs is 2. The van der Waals surface area contributed by atoms with E-state index in [1.807, 2.05) is 0 Å². The topological polar surface area (TPSA) is 74.3 Å². The molecule has 0 aromatic rings. The first-order chi connectivity index (χ1) is 8.56. The Morgan fingerprint density at radius 1 is 1.11 bits per heavy atom. The average Bonchev–Trinajstić information content (AvgIpc) is 2.29. The minimum Gasteiger partial charge on any atom is -0.289 e. The van der Waals surface area contributed by atoms with Crippen molar-refractivity contribution in [3.63, 3.8) is 0 Å². The number of rotatable bonds is 0. The van der Waals surface area contributed by atoms with Gasteiger partial charge in [-0.15, -0.1) is 0 Å². The summed E-state index contributed by atoms with van der Waals surface area (Å²) in [5, 5.41) is 0. The standard InChI is InChI=1S/C12H8N2O4/c15-10-3-7-4-14(18)6-11(16)12(7)8-1-2-13(17)5-9(8)10/h1-3,5H,4,6H2/q+2. The van der Waals surface area contributed by atoms with E-state index in [-0.39, 0.29) is 30.2 Å². The Morgan fingerprint density at radius 3 is 2.67 bits per heavy atom. The molecule has 6 heteroatoms. The van der Waals surface area contributed by atoms with E-state index in [2.05, 4.69) is 0 Å². The number of hydrogen-bond donors (Lipinski definition) is 0. The summed E-state index contributed by atoms with van der Waals surface area (Å²) in [5.41, 5.74) is 1.47. The Hall–Kier alpha value is -2.50. The van der Waals surface area contributed by atoms with Crippen LogP contribution in [-0.4, -0.2) is 34.2 Å². The highest BCUT2D eigenvalue weighted by atomic mass is 16.3. The zero-order valence-corrected chi connectivity index (χ0v) is 9.25. The maximum absolute atomic E-state index is 11.9. The molecule has 18 heavy (non-hydrogen) atoms. The first-order valence-corrected chi connectivity index (χ1v) is 5.37. The monoisotopic (exact) mass is 244 g/mol. The van der Waals surface area contributed by atoms with Gasteiger partial charge in [-0.05, 0) is 6.08 Å². The van der Waals surface area contributed by atoms with Crippen LogP contribution in [0.1, 0.15) is 0 Å². The Kier molecular flexibility index (Phi) is 2.07. The fraction of sp³-hybridized carbons (Fsp3) is 0.167. The van der Waals surface area contributed by atoms with Crippen LogP contribution in [0, 0.1) is 9.81 Å². The predicted molar refractivity (Wildman–Crippen MR) is 59.3 cm³/mol. The molecule has 0 N–H and O–H groups in total. The molecule has 0 unspecified atom stereocenters. The molecule has 1 fully saturated rings. The van der Waals surface area contributed by atoms with E-state index in [0.717, 1.165) is 6.20 Å². The number of allylic oxidation sites excluding steroid dienone is 4. The van der Waals surface area contributed by atoms with E-state index in [9.17, 15) is 19.4 Å². The number of carbonyl (C=O) groups excluding carboxylic acids is 2. The second-order valence-corrected chi connectivity index (χ2v) is 4.26. The van der Waals surface area contributed by atoms with Gasteiger partial charge in [-0.1, -0.05) is 0 Å². The van der Waals surface area contributed by atoms with Crippen molar-refractivity contribution in [2.24, 2.45) is 0 Å². The first kappa shape index (κ1) is 10.6. The van der Waals surface area contributed by atoms with Crippen LogP contribution in [0.3, 0.4) is 0 Å². The Balaban J connectivity index is 2.23. The molecule has 0 aromatic heterocycles. The molecule has 1 aliphatic carbocycles. The summed E-state index contributed by atoms with van der Waals surface area (Å²) >= 11 is 0. The Bertz CT molecular complexity index is 662. The molecule has 1 saturated heterocycles. The summed E-state index contributed by atoms with van der Waals surface area (Å²) in [6, 6.07) is 0. The summed E-state index contributed by atoms with van der Waals surface area (Å²) in [6.07, 6.45) is 5.09. The Labute approximate surface area is 101 Å². The molecule has 0 spiro atoms. The number of ketones is 2. The van der Waals surface area contributed by atoms with Gasteiger partial charge in [0.1, 0.15) is 0 Å². The molecular formula is C12H8N2O4+2. The normalized spacial score (nSPS) is 22.7. The highest BCUT2D eigenvalue weighted by molar-refractivity contribution is 6.16. The molecule has 2 heterocycles. The van der Waals surface area contributed by atoms with Crippen molar-refractivity contribution in [1.29, 1.82) is 0 Å². The molecule has 0 aromatic carbocycles. The molecule has 2 aliphatic heterocycles. The lowest BCUT2D eigenvalue weighted by molar-refractivity contribution is -0.531. The molecule has 0 radical (unpaired) electrons. The van der Waals surface area contributed by atoms with E-state index in [1.165, 1.54) is 18.4 Å². The van der Waals surface area contributed by atoms with Gasteiger partial charge >= 0.3 is 0 Å². The summed E-state index contributed by atoms with van der Waals surface area (Å²) < 4.78 is 1.13. The number of nitrogens with zero attached hydrogens (tertiary/aromatic N) is 2. The summed E-state index contributed by atoms with van der Waals surface area (Å²) in [6.45, 7) is -0.189. The SMILES string of the molecule is O=C1C=C2C[N+](=O)CC(=O)C2=C2C=C[N+](=O)C=C12. The maximum Gasteiger partial charge on any atom is 0.254 e. The van der Waals surface area contributed by atoms with Gasteiger partial charge in [-0.2, -0.15) is 0 Å². The average molecular weight is 244 g/mol. The molecule has 6 nitrogen and oxygen atoms in total. The van der Waals surface area contributed by atoms with Crippen LogP contribution in [0.25, 0.3) is 0 Å². The smallest absolute Gasteiger partial charge is 0.254 e. The predicted octanol–water partition coefficient (Wildman–Crippen LogP) is 0.344. The van der Waals surface area contributed by atoms with Crippen LogP contribution < -0.4 is 0 Å². The second kappa shape index (κ2) is 3.49. The van der Waals surface area contributed by atoms with Crippen molar-refractivity contribution in [3.8, 4) is 0 Å². The first-order valence-electron chi connectivity index (χ1n) is 5.37. The zero-order valence-electron chi connectivity index (χ0n) is 9.25. The summed E-state index contributed by atoms with van der Waals surface area (Å²) in [5.74, 6) is -0.669. The van der Waals surface area contributed by atoms with Gasteiger partial charge in [0.05, 0.1) is 10.3 Å². The van der Waals surface area contributed by atoms with Crippen molar-refractivity contribution in [3.05, 3.63) is 56.7 Å². The van der Waals surface area contributed by atoms with Crippen molar-refractivity contribution >= 4 is 11.6 Å². The maximum atomic E-state index is 11.9. The van der Waals surface area contributed by atoms with Crippen molar-refractivity contribution in [2.45, 2.75) is 0 Å². The van der Waals surface area contributed by atoms with E-state index in [0.29, 0.717) is 26.2 Å². The van der Waals surface area contributed by atoms with E-state index in [1.54, 1.807) is 0 Å². The minimum absolute atomic E-state index is 0.0263. The molecule has 0 amide bonds. The van der Waals surface area contributed by atoms with Gasteiger partial charge < -0.3 is 0 Å². The lowest BCUT2D eigenvalue weighted by atomic mass is 9.82. The number of carbonyl (C=O) groups is 2. The van der Waals surface area contributed by atoms with Crippen LogP contribution in [0.2, 0.25) is 0 Å². The molecule has 0 atom stereocenters. The van der Waals surface area contributed by atoms with E-state index in [4.69, 9.17) is 0 Å². The second-order valence-electron chi connectivity index (χ2n) is 4.26. The summed E-state index contributed by atoms with van der Waals surface area (Å²) in [7, 11) is 0. The fourth-order valence-corrected chi connectivity index (χ4v) is 2.31.